The Balaban J connectivity index is 1.25. The van der Waals surface area contributed by atoms with Crippen molar-refractivity contribution < 1.29 is 14.3 Å². The van der Waals surface area contributed by atoms with Gasteiger partial charge in [-0.3, -0.25) is 15.1 Å². The van der Waals surface area contributed by atoms with Crippen molar-refractivity contribution in [2.75, 3.05) is 36.9 Å². The smallest absolute Gasteiger partial charge is 0.324 e. The van der Waals surface area contributed by atoms with Crippen molar-refractivity contribution in [3.63, 3.8) is 0 Å². The van der Waals surface area contributed by atoms with Gasteiger partial charge in [0.15, 0.2) is 0 Å². The molecule has 2 aromatic heterocycles. The molecule has 44 heavy (non-hydrogen) atoms. The van der Waals surface area contributed by atoms with Gasteiger partial charge in [0.2, 0.25) is 0 Å². The third-order valence-corrected chi connectivity index (χ3v) is 7.75. The maximum absolute atomic E-state index is 13.4. The maximum Gasteiger partial charge on any atom is 0.324 e. The van der Waals surface area contributed by atoms with E-state index in [1.165, 1.54) is 0 Å². The molecule has 0 atom stereocenters. The molecule has 2 N–H and O–H groups in total. The van der Waals surface area contributed by atoms with Gasteiger partial charge in [0.05, 0.1) is 41.5 Å². The second kappa shape index (κ2) is 11.9. The van der Waals surface area contributed by atoms with Crippen LogP contribution in [0.1, 0.15) is 42.4 Å². The minimum Gasteiger partial charge on any atom is -0.378 e. The van der Waals surface area contributed by atoms with E-state index < -0.39 is 0 Å². The van der Waals surface area contributed by atoms with Crippen molar-refractivity contribution in [1.82, 2.24) is 19.7 Å². The molecule has 0 aliphatic carbocycles. The van der Waals surface area contributed by atoms with Crippen LogP contribution in [0.5, 0.6) is 0 Å². The van der Waals surface area contributed by atoms with Crippen molar-refractivity contribution in [2.24, 2.45) is 0 Å². The number of aryl methyl sites for hydroxylation is 1. The molecule has 1 aliphatic heterocycles. The zero-order chi connectivity index (χ0) is 30.8. The fourth-order valence-corrected chi connectivity index (χ4v) is 5.25. The van der Waals surface area contributed by atoms with Crippen LogP contribution in [0.2, 0.25) is 0 Å². The van der Waals surface area contributed by atoms with Crippen molar-refractivity contribution in [2.45, 2.75) is 33.1 Å². The summed E-state index contributed by atoms with van der Waals surface area (Å²) < 4.78 is 7.13. The molecule has 5 aromatic rings. The fraction of sp³-hybridized carbons (Fsp3) is 0.257. The largest absolute Gasteiger partial charge is 0.378 e. The van der Waals surface area contributed by atoms with Crippen molar-refractivity contribution in [3.05, 3.63) is 102 Å². The first-order chi connectivity index (χ1) is 21.2. The highest BCUT2D eigenvalue weighted by molar-refractivity contribution is 6.09. The number of benzene rings is 3. The second-order valence-corrected chi connectivity index (χ2v) is 12.0. The first-order valence-corrected chi connectivity index (χ1v) is 14.8. The minimum absolute atomic E-state index is 0.0406. The Morgan fingerprint density at radius 1 is 0.864 bits per heavy atom. The first-order valence-electron chi connectivity index (χ1n) is 14.8. The highest BCUT2D eigenvalue weighted by Gasteiger charge is 2.22. The molecule has 1 saturated heterocycles. The van der Waals surface area contributed by atoms with Crippen LogP contribution >= 0.6 is 0 Å². The predicted octanol–water partition coefficient (Wildman–Crippen LogP) is 6.81. The number of fused-ring (bicyclic) bond motifs is 1. The lowest BCUT2D eigenvalue weighted by Crippen LogP contribution is -2.40. The first kappa shape index (κ1) is 29.1. The Labute approximate surface area is 256 Å². The van der Waals surface area contributed by atoms with E-state index in [0.717, 1.165) is 39.0 Å². The van der Waals surface area contributed by atoms with Crippen LogP contribution in [0.3, 0.4) is 0 Å². The number of aromatic nitrogens is 3. The van der Waals surface area contributed by atoms with E-state index >= 15 is 0 Å². The van der Waals surface area contributed by atoms with Crippen LogP contribution in [0, 0.1) is 6.92 Å². The van der Waals surface area contributed by atoms with E-state index in [2.05, 4.69) is 36.4 Å². The standard InChI is InChI=1S/C35H36N6O3/c1-23-9-12-25(13-10-23)41-32(21-31(39-41)35(2,3)4)38-34(43)37-30-16-14-28(26-7-5-6-8-27(26)30)29-15-11-24(22-36-29)33(42)40-17-19-44-20-18-40/h5-16,21-22H,17-20H2,1-4H3,(H2,37,38,43). The molecule has 9 nitrogen and oxygen atoms in total. The number of amides is 3. The van der Waals surface area contributed by atoms with Crippen molar-refractivity contribution in [3.8, 4) is 16.9 Å². The van der Waals surface area contributed by atoms with Crippen LogP contribution in [-0.4, -0.2) is 57.9 Å². The van der Waals surface area contributed by atoms with E-state index in [9.17, 15) is 9.59 Å². The zero-order valence-corrected chi connectivity index (χ0v) is 25.4. The molecule has 0 saturated carbocycles. The average Bonchev–Trinajstić information content (AvgIpc) is 3.46. The number of rotatable bonds is 5. The lowest BCUT2D eigenvalue weighted by molar-refractivity contribution is 0.0302. The molecule has 3 amide bonds. The lowest BCUT2D eigenvalue weighted by Gasteiger charge is -2.26. The number of pyridine rings is 1. The van der Waals surface area contributed by atoms with Gasteiger partial charge in [-0.15, -0.1) is 0 Å². The summed E-state index contributed by atoms with van der Waals surface area (Å²) in [5.41, 5.74) is 5.54. The van der Waals surface area contributed by atoms with Crippen LogP contribution in [-0.2, 0) is 10.2 Å². The summed E-state index contributed by atoms with van der Waals surface area (Å²) in [6, 6.07) is 24.9. The highest BCUT2D eigenvalue weighted by Crippen LogP contribution is 2.33. The van der Waals surface area contributed by atoms with E-state index in [4.69, 9.17) is 9.84 Å². The summed E-state index contributed by atoms with van der Waals surface area (Å²) in [5, 5.41) is 12.7. The molecule has 1 fully saturated rings. The quantitative estimate of drug-likeness (QED) is 0.235. The molecule has 224 valence electrons. The number of hydrogen-bond acceptors (Lipinski definition) is 5. The van der Waals surface area contributed by atoms with Gasteiger partial charge < -0.3 is 15.0 Å². The molecule has 0 spiro atoms. The normalized spacial score (nSPS) is 13.6. The van der Waals surface area contributed by atoms with E-state index in [-0.39, 0.29) is 17.4 Å². The number of nitrogens with one attached hydrogen (secondary N) is 2. The maximum atomic E-state index is 13.4. The van der Waals surface area contributed by atoms with Crippen molar-refractivity contribution in [1.29, 1.82) is 0 Å². The number of urea groups is 1. The number of ether oxygens (including phenoxy) is 1. The number of morpholine rings is 1. The van der Waals surface area contributed by atoms with Crippen LogP contribution in [0.25, 0.3) is 27.7 Å². The molecule has 1 aliphatic rings. The van der Waals surface area contributed by atoms with Crippen LogP contribution < -0.4 is 10.6 Å². The predicted molar refractivity (Wildman–Crippen MR) is 174 cm³/mol. The molecule has 3 heterocycles. The van der Waals surface area contributed by atoms with Crippen LogP contribution in [0.15, 0.2) is 85.1 Å². The van der Waals surface area contributed by atoms with Gasteiger partial charge in [-0.05, 0) is 42.6 Å². The summed E-state index contributed by atoms with van der Waals surface area (Å²) in [7, 11) is 0. The van der Waals surface area contributed by atoms with E-state index in [1.807, 2.05) is 85.8 Å². The topological polar surface area (TPSA) is 101 Å². The molecule has 6 rings (SSSR count). The second-order valence-electron chi connectivity index (χ2n) is 12.0. The fourth-order valence-electron chi connectivity index (χ4n) is 5.25. The highest BCUT2D eigenvalue weighted by atomic mass is 16.5. The molecule has 9 heteroatoms. The van der Waals surface area contributed by atoms with Gasteiger partial charge in [-0.1, -0.05) is 68.8 Å². The van der Waals surface area contributed by atoms with Gasteiger partial charge in [0, 0.05) is 41.7 Å². The Kier molecular flexibility index (Phi) is 7.88. The van der Waals surface area contributed by atoms with Gasteiger partial charge in [-0.2, -0.15) is 5.10 Å². The molecular weight excluding hydrogens is 552 g/mol. The molecule has 3 aromatic carbocycles. The van der Waals surface area contributed by atoms with E-state index in [0.29, 0.717) is 43.4 Å². The molecule has 0 radical (unpaired) electrons. The number of nitrogens with zero attached hydrogens (tertiary/aromatic N) is 4. The summed E-state index contributed by atoms with van der Waals surface area (Å²) >= 11 is 0. The number of anilines is 2. The number of carbonyl (C=O) groups is 2. The van der Waals surface area contributed by atoms with Gasteiger partial charge >= 0.3 is 6.03 Å². The lowest BCUT2D eigenvalue weighted by atomic mass is 9.92. The van der Waals surface area contributed by atoms with Gasteiger partial charge in [-0.25, -0.2) is 9.48 Å². The Morgan fingerprint density at radius 3 is 2.27 bits per heavy atom. The molecule has 0 bridgehead atoms. The minimum atomic E-state index is -0.374. The summed E-state index contributed by atoms with van der Waals surface area (Å²) in [6.45, 7) is 10.6. The van der Waals surface area contributed by atoms with Crippen molar-refractivity contribution >= 4 is 34.2 Å². The van der Waals surface area contributed by atoms with E-state index in [1.54, 1.807) is 15.8 Å². The van der Waals surface area contributed by atoms with Gasteiger partial charge in [0.1, 0.15) is 5.82 Å². The number of carbonyl (C=O) groups excluding carboxylic acids is 2. The third kappa shape index (κ3) is 6.05. The monoisotopic (exact) mass is 588 g/mol. The summed E-state index contributed by atoms with van der Waals surface area (Å²) in [4.78, 5) is 32.7. The van der Waals surface area contributed by atoms with Gasteiger partial charge in [0.25, 0.3) is 5.91 Å². The molecular formula is C35H36N6O3. The average molecular weight is 589 g/mol. The molecule has 0 unspecified atom stereocenters. The number of hydrogen-bond donors (Lipinski definition) is 2. The van der Waals surface area contributed by atoms with Crippen LogP contribution in [0.4, 0.5) is 16.3 Å². The SMILES string of the molecule is Cc1ccc(-n2nc(C(C)(C)C)cc2NC(=O)Nc2ccc(-c3ccc(C(=O)N4CCOCC4)cn3)c3ccccc23)cc1. The Hall–Kier alpha value is -5.02. The zero-order valence-electron chi connectivity index (χ0n) is 25.4. The third-order valence-electron chi connectivity index (χ3n) is 7.75. The summed E-state index contributed by atoms with van der Waals surface area (Å²) in [6.07, 6.45) is 1.63. The summed E-state index contributed by atoms with van der Waals surface area (Å²) in [5.74, 6) is 0.536. The Bertz CT molecular complexity index is 1810. The Morgan fingerprint density at radius 2 is 1.59 bits per heavy atom.